The molecule has 1 aliphatic heterocycles. The number of nitrogens with zero attached hydrogens (tertiary/aromatic N) is 3. The predicted molar refractivity (Wildman–Crippen MR) is 234 cm³/mol. The molecule has 2 aromatic heterocycles. The van der Waals surface area contributed by atoms with E-state index in [0.717, 1.165) is 83.6 Å². The third kappa shape index (κ3) is 4.79. The van der Waals surface area contributed by atoms with Crippen LogP contribution in [0.4, 0.5) is 0 Å². The topological polar surface area (TPSA) is 47.9 Å². The zero-order chi connectivity index (χ0) is 38.2. The van der Waals surface area contributed by atoms with Crippen molar-refractivity contribution in [3.05, 3.63) is 222 Å². The van der Waals surface area contributed by atoms with Crippen LogP contribution in [0.25, 0.3) is 78.0 Å². The minimum absolute atomic E-state index is 0.573. The second kappa shape index (κ2) is 12.7. The maximum absolute atomic E-state index is 6.64. The Morgan fingerprint density at radius 2 is 0.914 bits per heavy atom. The molecule has 270 valence electrons. The van der Waals surface area contributed by atoms with E-state index in [0.29, 0.717) is 5.82 Å². The van der Waals surface area contributed by atoms with Gasteiger partial charge in [-0.15, -0.1) is 0 Å². The van der Waals surface area contributed by atoms with Crippen molar-refractivity contribution in [2.24, 2.45) is 0 Å². The van der Waals surface area contributed by atoms with Gasteiger partial charge in [-0.25, -0.2) is 15.0 Å². The van der Waals surface area contributed by atoms with Crippen molar-refractivity contribution < 1.29 is 4.74 Å². The summed E-state index contributed by atoms with van der Waals surface area (Å²) in [6.45, 7) is 0. The smallest absolute Gasteiger partial charge is 0.160 e. The molecule has 0 saturated heterocycles. The summed E-state index contributed by atoms with van der Waals surface area (Å²) in [5, 5.41) is 3.35. The van der Waals surface area contributed by atoms with Crippen molar-refractivity contribution in [2.45, 2.75) is 5.41 Å². The Kier molecular flexibility index (Phi) is 7.11. The molecule has 12 rings (SSSR count). The summed E-state index contributed by atoms with van der Waals surface area (Å²) in [5.74, 6) is 2.45. The molecular formula is C54H33N3O. The molecule has 4 nitrogen and oxygen atoms in total. The van der Waals surface area contributed by atoms with Gasteiger partial charge in [-0.1, -0.05) is 164 Å². The molecule has 2 aliphatic rings. The zero-order valence-electron chi connectivity index (χ0n) is 31.3. The van der Waals surface area contributed by atoms with E-state index in [1.807, 2.05) is 36.4 Å². The predicted octanol–water partition coefficient (Wildman–Crippen LogP) is 13.3. The number of fused-ring (bicyclic) bond motifs is 12. The summed E-state index contributed by atoms with van der Waals surface area (Å²) in [6, 6.07) is 70.6. The van der Waals surface area contributed by atoms with E-state index in [9.17, 15) is 0 Å². The van der Waals surface area contributed by atoms with Crippen molar-refractivity contribution in [1.82, 2.24) is 15.0 Å². The fraction of sp³-hybridized carbons (Fsp3) is 0.0185. The molecule has 0 bridgehead atoms. The lowest BCUT2D eigenvalue weighted by Crippen LogP contribution is -2.32. The van der Waals surface area contributed by atoms with Gasteiger partial charge in [-0.2, -0.15) is 0 Å². The zero-order valence-corrected chi connectivity index (χ0v) is 31.3. The largest absolute Gasteiger partial charge is 0.457 e. The normalized spacial score (nSPS) is 13.1. The molecule has 1 spiro atoms. The average Bonchev–Trinajstić information content (AvgIpc) is 3.58. The monoisotopic (exact) mass is 739 g/mol. The first kappa shape index (κ1) is 32.5. The molecule has 0 amide bonds. The van der Waals surface area contributed by atoms with Crippen LogP contribution in [-0.4, -0.2) is 15.0 Å². The van der Waals surface area contributed by atoms with E-state index in [1.165, 1.54) is 22.3 Å². The van der Waals surface area contributed by atoms with Crippen LogP contribution in [0.3, 0.4) is 0 Å². The van der Waals surface area contributed by atoms with Crippen LogP contribution in [0.5, 0.6) is 11.5 Å². The van der Waals surface area contributed by atoms with Gasteiger partial charge in [0.2, 0.25) is 0 Å². The average molecular weight is 740 g/mol. The van der Waals surface area contributed by atoms with Crippen LogP contribution >= 0.6 is 0 Å². The number of hydrogen-bond acceptors (Lipinski definition) is 4. The summed E-state index contributed by atoms with van der Waals surface area (Å²) in [6.07, 6.45) is 0. The van der Waals surface area contributed by atoms with Gasteiger partial charge in [0, 0.05) is 44.2 Å². The number of pyridine rings is 1. The van der Waals surface area contributed by atoms with Crippen LogP contribution in [0.15, 0.2) is 200 Å². The van der Waals surface area contributed by atoms with E-state index in [4.69, 9.17) is 19.7 Å². The van der Waals surface area contributed by atoms with E-state index >= 15 is 0 Å². The van der Waals surface area contributed by atoms with E-state index in [-0.39, 0.29) is 0 Å². The lowest BCUT2D eigenvalue weighted by molar-refractivity contribution is 0.436. The molecule has 58 heavy (non-hydrogen) atoms. The van der Waals surface area contributed by atoms with Gasteiger partial charge in [0.15, 0.2) is 5.82 Å². The van der Waals surface area contributed by atoms with Crippen LogP contribution in [0.2, 0.25) is 0 Å². The summed E-state index contributed by atoms with van der Waals surface area (Å²) in [5.41, 5.74) is 14.3. The third-order valence-electron chi connectivity index (χ3n) is 11.9. The maximum atomic E-state index is 6.64. The Balaban J connectivity index is 1.15. The first-order valence-electron chi connectivity index (χ1n) is 19.7. The molecule has 10 aromatic rings. The lowest BCUT2D eigenvalue weighted by Gasteiger charge is -2.39. The van der Waals surface area contributed by atoms with E-state index in [1.54, 1.807) is 0 Å². The van der Waals surface area contributed by atoms with E-state index < -0.39 is 5.41 Å². The second-order valence-electron chi connectivity index (χ2n) is 15.1. The molecule has 0 fully saturated rings. The van der Waals surface area contributed by atoms with Gasteiger partial charge in [0.05, 0.1) is 28.0 Å². The minimum atomic E-state index is -0.573. The molecule has 0 atom stereocenters. The molecule has 1 aliphatic carbocycles. The van der Waals surface area contributed by atoms with Crippen molar-refractivity contribution in [3.63, 3.8) is 0 Å². The van der Waals surface area contributed by atoms with Crippen molar-refractivity contribution in [3.8, 4) is 67.8 Å². The second-order valence-corrected chi connectivity index (χ2v) is 15.1. The molecule has 4 heteroatoms. The van der Waals surface area contributed by atoms with Gasteiger partial charge in [0.1, 0.15) is 11.5 Å². The highest BCUT2D eigenvalue weighted by atomic mass is 16.5. The third-order valence-corrected chi connectivity index (χ3v) is 11.9. The van der Waals surface area contributed by atoms with Gasteiger partial charge in [-0.3, -0.25) is 0 Å². The Hall–Kier alpha value is -7.69. The van der Waals surface area contributed by atoms with Crippen LogP contribution in [0, 0.1) is 0 Å². The maximum Gasteiger partial charge on any atom is 0.160 e. The summed E-state index contributed by atoms with van der Waals surface area (Å²) in [4.78, 5) is 15.7. The Morgan fingerprint density at radius 3 is 1.60 bits per heavy atom. The standard InChI is InChI=1S/C54H33N3O/c1-4-16-34(17-5-1)47-33-48(57-53(56-47)36-20-8-3-9-21-36)37-28-29-39-40-32-46-41(31-42(40)52(55-49(39)30-37)35-18-6-2-7-19-35)38-22-10-11-23-43(38)54(46)44-24-12-14-26-50(44)58-51-27-15-13-25-45(51)54/h1-33H. The highest BCUT2D eigenvalue weighted by Crippen LogP contribution is 2.62. The summed E-state index contributed by atoms with van der Waals surface area (Å²) < 4.78 is 6.64. The highest BCUT2D eigenvalue weighted by Gasteiger charge is 2.51. The number of rotatable bonds is 4. The fourth-order valence-corrected chi connectivity index (χ4v) is 9.39. The Labute approximate surface area is 335 Å². The SMILES string of the molecule is c1ccc(-c2cc(-c3ccc4c(c3)nc(-c3ccccc3)c3cc5c(cc34)C3(c4ccccc4Oc4ccccc43)c3ccccc3-5)nc(-c3ccccc3)n2)cc1. The Morgan fingerprint density at radius 1 is 0.345 bits per heavy atom. The van der Waals surface area contributed by atoms with E-state index in [2.05, 4.69) is 164 Å². The number of ether oxygens (including phenoxy) is 1. The first-order valence-corrected chi connectivity index (χ1v) is 19.7. The number of hydrogen-bond donors (Lipinski definition) is 0. The lowest BCUT2D eigenvalue weighted by atomic mass is 9.66. The van der Waals surface area contributed by atoms with Gasteiger partial charge < -0.3 is 4.74 Å². The fourth-order valence-electron chi connectivity index (χ4n) is 9.39. The Bertz CT molecular complexity index is 3150. The molecule has 0 N–H and O–H groups in total. The minimum Gasteiger partial charge on any atom is -0.457 e. The van der Waals surface area contributed by atoms with Gasteiger partial charge in [-0.05, 0) is 64.0 Å². The molecule has 0 saturated carbocycles. The quantitative estimate of drug-likeness (QED) is 0.169. The molecule has 0 radical (unpaired) electrons. The van der Waals surface area contributed by atoms with Crippen molar-refractivity contribution in [2.75, 3.05) is 0 Å². The van der Waals surface area contributed by atoms with Gasteiger partial charge in [0.25, 0.3) is 0 Å². The molecule has 8 aromatic carbocycles. The summed E-state index contributed by atoms with van der Waals surface area (Å²) in [7, 11) is 0. The van der Waals surface area contributed by atoms with Crippen LogP contribution in [-0.2, 0) is 5.41 Å². The molecule has 0 unspecified atom stereocenters. The van der Waals surface area contributed by atoms with Crippen LogP contribution in [0.1, 0.15) is 22.3 Å². The molecule has 3 heterocycles. The number of benzene rings is 8. The van der Waals surface area contributed by atoms with Gasteiger partial charge >= 0.3 is 0 Å². The first-order chi connectivity index (χ1) is 28.7. The van der Waals surface area contributed by atoms with Crippen molar-refractivity contribution >= 4 is 21.7 Å². The van der Waals surface area contributed by atoms with Crippen molar-refractivity contribution in [1.29, 1.82) is 0 Å². The molecular weight excluding hydrogens is 707 g/mol. The summed E-state index contributed by atoms with van der Waals surface area (Å²) >= 11 is 0. The van der Waals surface area contributed by atoms with Crippen LogP contribution < -0.4 is 4.74 Å². The number of aromatic nitrogens is 3. The highest BCUT2D eigenvalue weighted by molar-refractivity contribution is 6.14. The number of para-hydroxylation sites is 2.